The van der Waals surface area contributed by atoms with Gasteiger partial charge in [0, 0.05) is 33.1 Å². The summed E-state index contributed by atoms with van der Waals surface area (Å²) in [5, 5.41) is 1.16. The maximum absolute atomic E-state index is 5.19. The van der Waals surface area contributed by atoms with Crippen molar-refractivity contribution in [3.8, 4) is 56.5 Å². The second kappa shape index (κ2) is 9.81. The van der Waals surface area contributed by atoms with E-state index in [4.69, 9.17) is 19.9 Å². The molecule has 0 N–H and O–H groups in total. The maximum Gasteiger partial charge on any atom is 0.164 e. The highest BCUT2D eigenvalue weighted by Crippen LogP contribution is 2.53. The normalized spacial score (nSPS) is 13.1. The third kappa shape index (κ3) is 4.14. The highest BCUT2D eigenvalue weighted by atomic mass is 15.0. The molecule has 0 aliphatic heterocycles. The van der Waals surface area contributed by atoms with Crippen molar-refractivity contribution in [1.82, 2.24) is 19.9 Å². The first-order chi connectivity index (χ1) is 21.1. The summed E-state index contributed by atoms with van der Waals surface area (Å²) in [6.07, 6.45) is 0. The first kappa shape index (κ1) is 25.2. The van der Waals surface area contributed by atoms with E-state index in [0.717, 1.165) is 38.9 Å². The molecule has 0 saturated carbocycles. The van der Waals surface area contributed by atoms with Crippen LogP contribution in [-0.4, -0.2) is 19.9 Å². The van der Waals surface area contributed by atoms with Gasteiger partial charge in [0.25, 0.3) is 0 Å². The van der Waals surface area contributed by atoms with Gasteiger partial charge in [-0.25, -0.2) is 19.9 Å². The summed E-state index contributed by atoms with van der Waals surface area (Å²) in [4.78, 5) is 19.9. The molecule has 1 aliphatic rings. The molecule has 43 heavy (non-hydrogen) atoms. The smallest absolute Gasteiger partial charge is 0.164 e. The summed E-state index contributed by atoms with van der Waals surface area (Å²) < 4.78 is 0. The van der Waals surface area contributed by atoms with E-state index in [1.54, 1.807) is 0 Å². The van der Waals surface area contributed by atoms with Crippen LogP contribution in [0.25, 0.3) is 67.5 Å². The third-order valence-electron chi connectivity index (χ3n) is 8.50. The average molecular weight is 553 g/mol. The highest BCUT2D eigenvalue weighted by molar-refractivity contribution is 6.02. The molecule has 0 unspecified atom stereocenters. The lowest BCUT2D eigenvalue weighted by Crippen LogP contribution is -2.16. The van der Waals surface area contributed by atoms with Crippen LogP contribution in [-0.2, 0) is 5.41 Å². The van der Waals surface area contributed by atoms with E-state index in [0.29, 0.717) is 17.5 Å². The lowest BCUT2D eigenvalue weighted by atomic mass is 9.78. The molecule has 7 aromatic rings. The Morgan fingerprint density at radius 1 is 0.442 bits per heavy atom. The number of rotatable bonds is 4. The fourth-order valence-corrected chi connectivity index (χ4v) is 6.41. The molecule has 0 saturated heterocycles. The van der Waals surface area contributed by atoms with Crippen molar-refractivity contribution < 1.29 is 0 Å². The van der Waals surface area contributed by atoms with Gasteiger partial charge in [0.2, 0.25) is 0 Å². The van der Waals surface area contributed by atoms with Crippen LogP contribution in [0.2, 0.25) is 0 Å². The molecule has 8 rings (SSSR count). The Kier molecular flexibility index (Phi) is 5.76. The molecule has 4 heteroatoms. The zero-order valence-corrected chi connectivity index (χ0v) is 24.0. The Labute approximate surface area is 250 Å². The summed E-state index contributed by atoms with van der Waals surface area (Å²) in [6.45, 7) is 4.63. The van der Waals surface area contributed by atoms with Crippen LogP contribution in [0.3, 0.4) is 0 Å². The summed E-state index contributed by atoms with van der Waals surface area (Å²) in [5.74, 6) is 1.97. The number of para-hydroxylation sites is 1. The highest BCUT2D eigenvalue weighted by Gasteiger charge is 2.39. The van der Waals surface area contributed by atoms with Crippen LogP contribution < -0.4 is 0 Å². The standard InChI is InChI=1S/C39H28N4/c1-39(2)31-19-11-9-17-29(31)35-34(39)33(30-18-10-12-20-32(30)40-35)25-21-23-28(24-22-25)38-42-36(26-13-5-3-6-14-26)41-37(43-38)27-15-7-4-8-16-27/h3-24H,1-2H3. The fraction of sp³-hybridized carbons (Fsp3) is 0.0769. The van der Waals surface area contributed by atoms with Gasteiger partial charge in [0.05, 0.1) is 11.2 Å². The van der Waals surface area contributed by atoms with Crippen LogP contribution in [0.1, 0.15) is 25.0 Å². The first-order valence-corrected chi connectivity index (χ1v) is 14.6. The SMILES string of the molecule is CC1(C)c2ccccc2-c2nc3ccccc3c(-c3ccc(-c4nc(-c5ccccc5)nc(-c5ccccc5)n4)cc3)c21. The number of hydrogen-bond donors (Lipinski definition) is 0. The van der Waals surface area contributed by atoms with Crippen LogP contribution in [0.4, 0.5) is 0 Å². The number of nitrogens with zero attached hydrogens (tertiary/aromatic N) is 4. The van der Waals surface area contributed by atoms with Gasteiger partial charge in [-0.1, -0.05) is 141 Å². The molecule has 204 valence electrons. The molecule has 1 aliphatic carbocycles. The van der Waals surface area contributed by atoms with Gasteiger partial charge in [0.1, 0.15) is 0 Å². The quantitative estimate of drug-likeness (QED) is 0.218. The summed E-state index contributed by atoms with van der Waals surface area (Å²) in [7, 11) is 0. The van der Waals surface area contributed by atoms with Crippen LogP contribution >= 0.6 is 0 Å². The second-order valence-electron chi connectivity index (χ2n) is 11.5. The second-order valence-corrected chi connectivity index (χ2v) is 11.5. The Morgan fingerprint density at radius 3 is 1.56 bits per heavy atom. The van der Waals surface area contributed by atoms with Gasteiger partial charge in [-0.3, -0.25) is 0 Å². The van der Waals surface area contributed by atoms with Gasteiger partial charge < -0.3 is 0 Å². The fourth-order valence-electron chi connectivity index (χ4n) is 6.41. The van der Waals surface area contributed by atoms with Gasteiger partial charge >= 0.3 is 0 Å². The number of pyridine rings is 1. The number of aromatic nitrogens is 4. The zero-order valence-electron chi connectivity index (χ0n) is 24.0. The van der Waals surface area contributed by atoms with Crippen LogP contribution in [0, 0.1) is 0 Å². The summed E-state index contributed by atoms with van der Waals surface area (Å²) in [6, 6.07) is 46.0. The number of fused-ring (bicyclic) bond motifs is 4. The number of benzene rings is 5. The molecular weight excluding hydrogens is 524 g/mol. The molecule has 0 amide bonds. The van der Waals surface area contributed by atoms with E-state index in [1.165, 1.54) is 22.3 Å². The lowest BCUT2D eigenvalue weighted by Gasteiger charge is -2.25. The molecular formula is C39H28N4. The van der Waals surface area contributed by atoms with Gasteiger partial charge in [0.15, 0.2) is 17.5 Å². The molecule has 0 spiro atoms. The molecule has 0 fully saturated rings. The minimum Gasteiger partial charge on any atom is -0.247 e. The Balaban J connectivity index is 1.30. The molecule has 0 bridgehead atoms. The van der Waals surface area contributed by atoms with Crippen molar-refractivity contribution in [3.63, 3.8) is 0 Å². The largest absolute Gasteiger partial charge is 0.247 e. The van der Waals surface area contributed by atoms with Crippen LogP contribution in [0.5, 0.6) is 0 Å². The maximum atomic E-state index is 5.19. The molecule has 5 aromatic carbocycles. The van der Waals surface area contributed by atoms with E-state index in [9.17, 15) is 0 Å². The summed E-state index contributed by atoms with van der Waals surface area (Å²) >= 11 is 0. The van der Waals surface area contributed by atoms with Crippen molar-refractivity contribution >= 4 is 10.9 Å². The molecule has 0 atom stereocenters. The molecule has 0 radical (unpaired) electrons. The Hall–Kier alpha value is -5.48. The molecule has 4 nitrogen and oxygen atoms in total. The van der Waals surface area contributed by atoms with E-state index in [-0.39, 0.29) is 5.41 Å². The number of hydrogen-bond acceptors (Lipinski definition) is 4. The third-order valence-corrected chi connectivity index (χ3v) is 8.50. The van der Waals surface area contributed by atoms with Gasteiger partial charge in [-0.05, 0) is 28.3 Å². The topological polar surface area (TPSA) is 51.6 Å². The van der Waals surface area contributed by atoms with Gasteiger partial charge in [-0.2, -0.15) is 0 Å². The minimum absolute atomic E-state index is 0.180. The predicted molar refractivity (Wildman–Crippen MR) is 174 cm³/mol. The van der Waals surface area contributed by atoms with Gasteiger partial charge in [-0.15, -0.1) is 0 Å². The molecule has 2 heterocycles. The van der Waals surface area contributed by atoms with E-state index < -0.39 is 0 Å². The monoisotopic (exact) mass is 552 g/mol. The van der Waals surface area contributed by atoms with E-state index in [1.807, 2.05) is 60.7 Å². The average Bonchev–Trinajstić information content (AvgIpc) is 3.30. The van der Waals surface area contributed by atoms with Crippen LogP contribution in [0.15, 0.2) is 133 Å². The minimum atomic E-state index is -0.180. The zero-order chi connectivity index (χ0) is 29.0. The van der Waals surface area contributed by atoms with E-state index in [2.05, 4.69) is 86.6 Å². The van der Waals surface area contributed by atoms with Crippen molar-refractivity contribution in [3.05, 3.63) is 145 Å². The van der Waals surface area contributed by atoms with Crippen molar-refractivity contribution in [2.45, 2.75) is 19.3 Å². The Bertz CT molecular complexity index is 2080. The Morgan fingerprint density at radius 2 is 0.930 bits per heavy atom. The van der Waals surface area contributed by atoms with Crippen molar-refractivity contribution in [1.29, 1.82) is 0 Å². The molecule has 2 aromatic heterocycles. The summed E-state index contributed by atoms with van der Waals surface area (Å²) in [5.41, 5.74) is 11.0. The van der Waals surface area contributed by atoms with Crippen molar-refractivity contribution in [2.75, 3.05) is 0 Å². The predicted octanol–water partition coefficient (Wildman–Crippen LogP) is 9.39. The van der Waals surface area contributed by atoms with E-state index >= 15 is 0 Å². The first-order valence-electron chi connectivity index (χ1n) is 14.6. The van der Waals surface area contributed by atoms with Crippen molar-refractivity contribution in [2.24, 2.45) is 0 Å². The lowest BCUT2D eigenvalue weighted by molar-refractivity contribution is 0.662.